The minimum atomic E-state index is -3.75. The zero-order valence-electron chi connectivity index (χ0n) is 27.7. The normalized spacial score (nSPS) is 13.7. The van der Waals surface area contributed by atoms with E-state index in [4.69, 9.17) is 4.42 Å². The lowest BCUT2D eigenvalue weighted by Gasteiger charge is -2.31. The molecule has 0 amide bonds. The molecule has 2 aromatic heterocycles. The van der Waals surface area contributed by atoms with Gasteiger partial charge in [0.1, 0.15) is 11.6 Å². The van der Waals surface area contributed by atoms with Gasteiger partial charge in [-0.1, -0.05) is 69.2 Å². The first-order chi connectivity index (χ1) is 20.1. The van der Waals surface area contributed by atoms with Crippen molar-refractivity contribution in [1.29, 1.82) is 0 Å². The molecule has 0 spiro atoms. The molecule has 1 aliphatic heterocycles. The van der Waals surface area contributed by atoms with Crippen LogP contribution in [0, 0.1) is 5.92 Å². The van der Waals surface area contributed by atoms with Crippen LogP contribution < -0.4 is 10.0 Å². The van der Waals surface area contributed by atoms with Crippen LogP contribution in [0.5, 0.6) is 5.75 Å². The Labute approximate surface area is 264 Å². The summed E-state index contributed by atoms with van der Waals surface area (Å²) >= 11 is 2.02. The maximum atomic E-state index is 13.0. The lowest BCUT2D eigenvalue weighted by molar-refractivity contribution is 0.222. The van der Waals surface area contributed by atoms with E-state index < -0.39 is 10.0 Å². The summed E-state index contributed by atoms with van der Waals surface area (Å²) in [6.45, 7) is 26.6. The van der Waals surface area contributed by atoms with Gasteiger partial charge in [-0.15, -0.1) is 11.3 Å². The number of rotatable bonds is 10. The van der Waals surface area contributed by atoms with Gasteiger partial charge in [-0.2, -0.15) is 4.31 Å². The van der Waals surface area contributed by atoms with Gasteiger partial charge in [0.25, 0.3) is 10.0 Å². The van der Waals surface area contributed by atoms with Crippen LogP contribution in [-0.2, 0) is 23.0 Å². The molecule has 3 heterocycles. The number of furan rings is 1. The maximum absolute atomic E-state index is 13.0. The monoisotopic (exact) mass is 648 g/mol. The topological polar surface area (TPSA) is 123 Å². The van der Waals surface area contributed by atoms with E-state index in [1.807, 2.05) is 61.6 Å². The number of amidine groups is 1. The van der Waals surface area contributed by atoms with Crippen LogP contribution in [0.1, 0.15) is 80.6 Å². The Kier molecular flexibility index (Phi) is 24.4. The van der Waals surface area contributed by atoms with E-state index in [-0.39, 0.29) is 16.5 Å². The predicted molar refractivity (Wildman–Crippen MR) is 185 cm³/mol. The number of piperazine rings is 1. The van der Waals surface area contributed by atoms with Crippen LogP contribution in [0.4, 0.5) is 5.69 Å². The molecule has 0 atom stereocenters. The summed E-state index contributed by atoms with van der Waals surface area (Å²) in [6.07, 6.45) is 2.59. The highest BCUT2D eigenvalue weighted by Gasteiger charge is 2.32. The van der Waals surface area contributed by atoms with Crippen molar-refractivity contribution in [3.63, 3.8) is 0 Å². The van der Waals surface area contributed by atoms with Crippen molar-refractivity contribution < 1.29 is 17.9 Å². The molecule has 10 nitrogen and oxygen atoms in total. The van der Waals surface area contributed by atoms with Crippen LogP contribution >= 0.6 is 23.5 Å². The van der Waals surface area contributed by atoms with E-state index in [1.54, 1.807) is 11.6 Å². The Hall–Kier alpha value is -2.06. The smallest absolute Gasteiger partial charge is 0.256 e. The standard InChI is InChI=1S/C19H28N6O4S3.C4H10.3C2H6/c1-4-14-9-15(29-12-14)10-22-17(23-31-20-2)11-21-16-13-30-19(18(16)26)32(27,28)25-7-5-24(3)6-8-25;1-4(2)3;3*1-2/h9,12-13,21,26H,2,4-8,10-11H2,1,3H3,(H,22,23);4H,1-3H3;3*1-2H3. The molecule has 0 aromatic carbocycles. The summed E-state index contributed by atoms with van der Waals surface area (Å²) in [7, 11) is -1.79. The van der Waals surface area contributed by atoms with Crippen LogP contribution in [0.3, 0.4) is 0 Å². The Bertz CT molecular complexity index is 1090. The molecule has 1 fully saturated rings. The summed E-state index contributed by atoms with van der Waals surface area (Å²) in [5.41, 5.74) is 1.43. The lowest BCUT2D eigenvalue weighted by Crippen LogP contribution is -2.46. The molecule has 13 heteroatoms. The Morgan fingerprint density at radius 3 is 2.21 bits per heavy atom. The highest BCUT2D eigenvalue weighted by Crippen LogP contribution is 2.39. The highest BCUT2D eigenvalue weighted by molar-refractivity contribution is 7.96. The van der Waals surface area contributed by atoms with Gasteiger partial charge in [-0.3, -0.25) is 9.71 Å². The zero-order valence-corrected chi connectivity index (χ0v) is 30.1. The minimum Gasteiger partial charge on any atom is -0.504 e. The van der Waals surface area contributed by atoms with Gasteiger partial charge < -0.3 is 19.7 Å². The van der Waals surface area contributed by atoms with Gasteiger partial charge in [0.2, 0.25) is 0 Å². The zero-order chi connectivity index (χ0) is 32.7. The molecule has 42 heavy (non-hydrogen) atoms. The number of likely N-dealkylation sites (N-methyl/N-ethyl adjacent to an activating group) is 1. The second kappa shape index (κ2) is 24.4. The Morgan fingerprint density at radius 1 is 1.14 bits per heavy atom. The summed E-state index contributed by atoms with van der Waals surface area (Å²) in [6, 6.07) is 1.95. The molecule has 244 valence electrons. The number of nitrogens with one attached hydrogen (secondary N) is 2. The molecular weight excluding hydrogens is 593 g/mol. The third kappa shape index (κ3) is 15.4. The average molecular weight is 649 g/mol. The fraction of sp³-hybridized carbons (Fsp3) is 0.655. The van der Waals surface area contributed by atoms with Crippen molar-refractivity contribution in [1.82, 2.24) is 13.9 Å². The number of thiophene rings is 1. The largest absolute Gasteiger partial charge is 0.504 e. The maximum Gasteiger partial charge on any atom is 0.256 e. The molecule has 1 saturated heterocycles. The van der Waals surface area contributed by atoms with E-state index in [1.165, 1.54) is 4.31 Å². The van der Waals surface area contributed by atoms with Gasteiger partial charge in [0.15, 0.2) is 9.96 Å². The molecule has 0 aliphatic carbocycles. The van der Waals surface area contributed by atoms with Crippen LogP contribution in [0.25, 0.3) is 0 Å². The Morgan fingerprint density at radius 2 is 1.71 bits per heavy atom. The molecule has 0 bridgehead atoms. The van der Waals surface area contributed by atoms with Gasteiger partial charge >= 0.3 is 0 Å². The van der Waals surface area contributed by atoms with Crippen LogP contribution in [-0.4, -0.2) is 75.1 Å². The van der Waals surface area contributed by atoms with Crippen molar-refractivity contribution in [3.8, 4) is 5.75 Å². The fourth-order valence-electron chi connectivity index (χ4n) is 3.04. The molecule has 0 radical (unpaired) electrons. The summed E-state index contributed by atoms with van der Waals surface area (Å²) in [5, 5.41) is 15.2. The number of aryl methyl sites for hydroxylation is 1. The number of hydrogen-bond acceptors (Lipinski definition) is 10. The second-order valence-electron chi connectivity index (χ2n) is 8.94. The average Bonchev–Trinajstić information content (AvgIpc) is 3.62. The van der Waals surface area contributed by atoms with E-state index in [2.05, 4.69) is 51.8 Å². The van der Waals surface area contributed by atoms with Crippen LogP contribution in [0.2, 0.25) is 0 Å². The van der Waals surface area contributed by atoms with Crippen molar-refractivity contribution in [2.45, 2.75) is 86.4 Å². The number of hydrogen-bond donors (Lipinski definition) is 3. The molecule has 0 unspecified atom stereocenters. The van der Waals surface area contributed by atoms with Crippen LogP contribution in [0.15, 0.2) is 35.7 Å². The van der Waals surface area contributed by atoms with Gasteiger partial charge in [-0.05, 0) is 31.0 Å². The van der Waals surface area contributed by atoms with E-state index in [0.717, 1.165) is 47.1 Å². The summed E-state index contributed by atoms with van der Waals surface area (Å²) in [4.78, 5) is 6.56. The molecule has 1 aliphatic rings. The van der Waals surface area contributed by atoms with Gasteiger partial charge in [-0.25, -0.2) is 12.8 Å². The van der Waals surface area contributed by atoms with Crippen molar-refractivity contribution >= 4 is 51.7 Å². The second-order valence-corrected chi connectivity index (χ2v) is 12.6. The number of sulfonamides is 1. The van der Waals surface area contributed by atoms with Crippen molar-refractivity contribution in [2.24, 2.45) is 15.3 Å². The third-order valence-corrected chi connectivity index (χ3v) is 8.83. The predicted octanol–water partition coefficient (Wildman–Crippen LogP) is 7.15. The minimum absolute atomic E-state index is 0.0548. The fourth-order valence-corrected chi connectivity index (χ4v) is 6.17. The number of anilines is 1. The summed E-state index contributed by atoms with van der Waals surface area (Å²) < 4.78 is 39.4. The third-order valence-electron chi connectivity index (χ3n) is 4.99. The number of aliphatic imine (C=N–C) groups is 1. The van der Waals surface area contributed by atoms with Gasteiger partial charge in [0.05, 0.1) is 37.2 Å². The number of aromatic hydroxyl groups is 1. The molecule has 0 saturated carbocycles. The van der Waals surface area contributed by atoms with E-state index in [0.29, 0.717) is 44.2 Å². The molecule has 3 N–H and O–H groups in total. The summed E-state index contributed by atoms with van der Waals surface area (Å²) in [5.74, 6) is 1.84. The molecule has 2 aromatic rings. The quantitative estimate of drug-likeness (QED) is 0.141. The van der Waals surface area contributed by atoms with Crippen molar-refractivity contribution in [3.05, 3.63) is 29.0 Å². The lowest BCUT2D eigenvalue weighted by atomic mass is 10.2. The molecule has 3 rings (SSSR count). The first-order valence-corrected chi connectivity index (χ1v) is 17.9. The first kappa shape index (κ1) is 42.1. The Balaban J connectivity index is 0. The first-order valence-electron chi connectivity index (χ1n) is 14.8. The molecular formula is C29H56N6O4S3. The van der Waals surface area contributed by atoms with E-state index in [9.17, 15) is 13.5 Å². The van der Waals surface area contributed by atoms with Crippen molar-refractivity contribution in [2.75, 3.05) is 45.1 Å². The SMILES string of the molecule is C=NSNC(CNc1csc(S(=O)(=O)N2CCN(C)CC2)c1O)=NCc1cc(CC)co1.CC.CC.CC.CC(C)C. The highest BCUT2D eigenvalue weighted by atomic mass is 32.2. The van der Waals surface area contributed by atoms with E-state index >= 15 is 0 Å². The number of nitrogens with zero attached hydrogens (tertiary/aromatic N) is 4. The van der Waals surface area contributed by atoms with Gasteiger partial charge in [0, 0.05) is 38.3 Å².